The van der Waals surface area contributed by atoms with Crippen LogP contribution >= 0.6 is 0 Å². The van der Waals surface area contributed by atoms with Crippen LogP contribution in [0.25, 0.3) is 0 Å². The van der Waals surface area contributed by atoms with Gasteiger partial charge in [0.05, 0.1) is 33.6 Å². The Morgan fingerprint density at radius 1 is 1.12 bits per heavy atom. The SMILES string of the molecule is CCOC(=O)N(CCN)C(=O)Nc1cc(OC)c(OC)c(OC)c1. The van der Waals surface area contributed by atoms with Gasteiger partial charge in [-0.15, -0.1) is 0 Å². The van der Waals surface area contributed by atoms with Crippen molar-refractivity contribution >= 4 is 17.8 Å². The van der Waals surface area contributed by atoms with Crippen molar-refractivity contribution in [3.63, 3.8) is 0 Å². The molecule has 0 fully saturated rings. The topological polar surface area (TPSA) is 112 Å². The molecule has 0 heterocycles. The molecule has 134 valence electrons. The Morgan fingerprint density at radius 2 is 1.71 bits per heavy atom. The molecule has 9 heteroatoms. The summed E-state index contributed by atoms with van der Waals surface area (Å²) in [6, 6.07) is 2.42. The van der Waals surface area contributed by atoms with Gasteiger partial charge >= 0.3 is 12.1 Å². The largest absolute Gasteiger partial charge is 0.493 e. The lowest BCUT2D eigenvalue weighted by Gasteiger charge is -2.20. The smallest absolute Gasteiger partial charge is 0.418 e. The molecular formula is C15H23N3O6. The van der Waals surface area contributed by atoms with Crippen molar-refractivity contribution in [2.24, 2.45) is 5.73 Å². The molecule has 0 aliphatic carbocycles. The number of nitrogens with zero attached hydrogens (tertiary/aromatic N) is 1. The molecule has 1 rings (SSSR count). The third kappa shape index (κ3) is 4.66. The number of imide groups is 1. The number of hydrogen-bond donors (Lipinski definition) is 2. The van der Waals surface area contributed by atoms with Gasteiger partial charge in [-0.3, -0.25) is 0 Å². The summed E-state index contributed by atoms with van der Waals surface area (Å²) in [6.07, 6.45) is -0.770. The fraction of sp³-hybridized carbons (Fsp3) is 0.467. The second-order valence-electron chi connectivity index (χ2n) is 4.48. The van der Waals surface area contributed by atoms with Crippen molar-refractivity contribution in [2.45, 2.75) is 6.92 Å². The number of carbonyl (C=O) groups is 2. The average molecular weight is 341 g/mol. The molecule has 3 amide bonds. The fourth-order valence-corrected chi connectivity index (χ4v) is 1.95. The first-order chi connectivity index (χ1) is 11.5. The lowest BCUT2D eigenvalue weighted by atomic mass is 10.2. The summed E-state index contributed by atoms with van der Waals surface area (Å²) in [4.78, 5) is 25.0. The number of carbonyl (C=O) groups excluding carboxylic acids is 2. The van der Waals surface area contributed by atoms with Crippen LogP contribution in [0.4, 0.5) is 15.3 Å². The highest BCUT2D eigenvalue weighted by molar-refractivity contribution is 5.99. The number of ether oxygens (including phenoxy) is 4. The number of anilines is 1. The van der Waals surface area contributed by atoms with Crippen LogP contribution in [0.3, 0.4) is 0 Å². The molecule has 0 atom stereocenters. The standard InChI is InChI=1S/C15H23N3O6/c1-5-24-15(20)18(7-6-16)14(19)17-10-8-11(21-2)13(23-4)12(9-10)22-3/h8-9H,5-7,16H2,1-4H3,(H,17,19). The van der Waals surface area contributed by atoms with Gasteiger partial charge < -0.3 is 30.0 Å². The summed E-state index contributed by atoms with van der Waals surface area (Å²) in [5, 5.41) is 2.58. The van der Waals surface area contributed by atoms with Crippen LogP contribution < -0.4 is 25.3 Å². The van der Waals surface area contributed by atoms with Crippen LogP contribution in [0.5, 0.6) is 17.2 Å². The van der Waals surface area contributed by atoms with E-state index in [1.165, 1.54) is 21.3 Å². The second kappa shape index (κ2) is 9.46. The van der Waals surface area contributed by atoms with Crippen LogP contribution in [0.15, 0.2) is 12.1 Å². The molecule has 0 aliphatic rings. The first kappa shape index (κ1) is 19.4. The summed E-state index contributed by atoms with van der Waals surface area (Å²) in [6.45, 7) is 1.93. The zero-order chi connectivity index (χ0) is 18.1. The Labute approximate surface area is 140 Å². The highest BCUT2D eigenvalue weighted by Gasteiger charge is 2.23. The van der Waals surface area contributed by atoms with E-state index in [0.717, 1.165) is 4.90 Å². The Balaban J connectivity index is 3.05. The molecule has 24 heavy (non-hydrogen) atoms. The quantitative estimate of drug-likeness (QED) is 0.775. The molecule has 0 bridgehead atoms. The molecule has 0 saturated carbocycles. The van der Waals surface area contributed by atoms with Crippen LogP contribution in [0.1, 0.15) is 6.92 Å². The lowest BCUT2D eigenvalue weighted by Crippen LogP contribution is -2.43. The van der Waals surface area contributed by atoms with E-state index in [-0.39, 0.29) is 19.7 Å². The van der Waals surface area contributed by atoms with E-state index >= 15 is 0 Å². The maximum absolute atomic E-state index is 12.3. The number of amides is 3. The Kier molecular flexibility index (Phi) is 7.63. The third-order valence-corrected chi connectivity index (χ3v) is 3.00. The Morgan fingerprint density at radius 3 is 2.12 bits per heavy atom. The number of hydrogen-bond acceptors (Lipinski definition) is 7. The predicted molar refractivity (Wildman–Crippen MR) is 87.9 cm³/mol. The molecule has 3 N–H and O–H groups in total. The average Bonchev–Trinajstić information content (AvgIpc) is 2.58. The molecule has 0 saturated heterocycles. The van der Waals surface area contributed by atoms with E-state index in [1.54, 1.807) is 19.1 Å². The van der Waals surface area contributed by atoms with Crippen LogP contribution in [-0.2, 0) is 4.74 Å². The summed E-state index contributed by atoms with van der Waals surface area (Å²) in [5.74, 6) is 1.13. The van der Waals surface area contributed by atoms with Crippen LogP contribution in [-0.4, -0.2) is 58.1 Å². The van der Waals surface area contributed by atoms with E-state index in [2.05, 4.69) is 5.32 Å². The summed E-state index contributed by atoms with van der Waals surface area (Å²) < 4.78 is 20.5. The minimum absolute atomic E-state index is 0.0229. The van der Waals surface area contributed by atoms with Crippen LogP contribution in [0.2, 0.25) is 0 Å². The van der Waals surface area contributed by atoms with E-state index in [4.69, 9.17) is 24.7 Å². The van der Waals surface area contributed by atoms with Crippen molar-refractivity contribution in [2.75, 3.05) is 46.3 Å². The molecule has 0 radical (unpaired) electrons. The van der Waals surface area contributed by atoms with Gasteiger partial charge in [0.15, 0.2) is 11.5 Å². The van der Waals surface area contributed by atoms with E-state index < -0.39 is 12.1 Å². The maximum Gasteiger partial charge on any atom is 0.418 e. The molecule has 0 aromatic heterocycles. The van der Waals surface area contributed by atoms with Crippen molar-refractivity contribution in [1.82, 2.24) is 4.90 Å². The number of benzene rings is 1. The van der Waals surface area contributed by atoms with E-state index in [1.807, 2.05) is 0 Å². The van der Waals surface area contributed by atoms with E-state index in [0.29, 0.717) is 22.9 Å². The Hall–Kier alpha value is -2.68. The number of rotatable bonds is 7. The lowest BCUT2D eigenvalue weighted by molar-refractivity contribution is 0.118. The van der Waals surface area contributed by atoms with Gasteiger partial charge in [0.25, 0.3) is 0 Å². The number of methoxy groups -OCH3 is 3. The van der Waals surface area contributed by atoms with Gasteiger partial charge in [0, 0.05) is 25.2 Å². The molecule has 0 aliphatic heterocycles. The molecule has 9 nitrogen and oxygen atoms in total. The second-order valence-corrected chi connectivity index (χ2v) is 4.48. The van der Waals surface area contributed by atoms with Crippen molar-refractivity contribution in [1.29, 1.82) is 0 Å². The highest BCUT2D eigenvalue weighted by Crippen LogP contribution is 2.39. The number of nitrogens with one attached hydrogen (secondary N) is 1. The third-order valence-electron chi connectivity index (χ3n) is 3.00. The van der Waals surface area contributed by atoms with Crippen molar-refractivity contribution in [3.05, 3.63) is 12.1 Å². The Bertz CT molecular complexity index is 553. The normalized spacial score (nSPS) is 9.88. The molecule has 0 spiro atoms. The summed E-state index contributed by atoms with van der Waals surface area (Å²) >= 11 is 0. The molecular weight excluding hydrogens is 318 g/mol. The van der Waals surface area contributed by atoms with Gasteiger partial charge in [-0.2, -0.15) is 0 Å². The van der Waals surface area contributed by atoms with Crippen LogP contribution in [0, 0.1) is 0 Å². The zero-order valence-electron chi connectivity index (χ0n) is 14.3. The summed E-state index contributed by atoms with van der Waals surface area (Å²) in [5.41, 5.74) is 5.80. The van der Waals surface area contributed by atoms with Gasteiger partial charge in [-0.05, 0) is 6.92 Å². The maximum atomic E-state index is 12.3. The monoisotopic (exact) mass is 341 g/mol. The van der Waals surface area contributed by atoms with Crippen molar-refractivity contribution in [3.8, 4) is 17.2 Å². The minimum atomic E-state index is -0.770. The predicted octanol–water partition coefficient (Wildman–Crippen LogP) is 1.66. The van der Waals surface area contributed by atoms with Gasteiger partial charge in [0.2, 0.25) is 5.75 Å². The minimum Gasteiger partial charge on any atom is -0.493 e. The molecule has 1 aromatic carbocycles. The van der Waals surface area contributed by atoms with Gasteiger partial charge in [-0.1, -0.05) is 0 Å². The first-order valence-corrected chi connectivity index (χ1v) is 7.27. The molecule has 0 unspecified atom stereocenters. The van der Waals surface area contributed by atoms with Crippen molar-refractivity contribution < 1.29 is 28.5 Å². The molecule has 1 aromatic rings. The zero-order valence-corrected chi connectivity index (χ0v) is 14.3. The number of urea groups is 1. The first-order valence-electron chi connectivity index (χ1n) is 7.27. The van der Waals surface area contributed by atoms with Gasteiger partial charge in [0.1, 0.15) is 0 Å². The van der Waals surface area contributed by atoms with E-state index in [9.17, 15) is 9.59 Å². The summed E-state index contributed by atoms with van der Waals surface area (Å²) in [7, 11) is 4.40. The highest BCUT2D eigenvalue weighted by atomic mass is 16.6. The fourth-order valence-electron chi connectivity index (χ4n) is 1.95. The van der Waals surface area contributed by atoms with Gasteiger partial charge in [-0.25, -0.2) is 14.5 Å². The number of nitrogens with two attached hydrogens (primary N) is 1.